The molecule has 3 atom stereocenters. The summed E-state index contributed by atoms with van der Waals surface area (Å²) in [6, 6.07) is 1.29. The molecular formula is C14H20N4O3. The third kappa shape index (κ3) is 3.29. The molecule has 1 aromatic rings. The van der Waals surface area contributed by atoms with Gasteiger partial charge in [0.1, 0.15) is 17.6 Å². The third-order valence-corrected chi connectivity index (χ3v) is 4.37. The van der Waals surface area contributed by atoms with Crippen LogP contribution in [0.15, 0.2) is 12.3 Å². The van der Waals surface area contributed by atoms with Crippen LogP contribution in [0.3, 0.4) is 0 Å². The molecule has 1 heterocycles. The van der Waals surface area contributed by atoms with Gasteiger partial charge in [-0.2, -0.15) is 0 Å². The number of rotatable bonds is 3. The lowest BCUT2D eigenvalue weighted by atomic mass is 9.78. The summed E-state index contributed by atoms with van der Waals surface area (Å²) >= 11 is 0. The minimum atomic E-state index is -0.617. The van der Waals surface area contributed by atoms with Gasteiger partial charge in [-0.25, -0.2) is 4.98 Å². The van der Waals surface area contributed by atoms with Gasteiger partial charge in [0, 0.05) is 6.04 Å². The van der Waals surface area contributed by atoms with Crippen LogP contribution in [-0.4, -0.2) is 21.9 Å². The first-order valence-corrected chi connectivity index (χ1v) is 7.11. The Morgan fingerprint density at radius 1 is 1.48 bits per heavy atom. The smallest absolute Gasteiger partial charge is 0.300 e. The molecule has 1 fully saturated rings. The SMILES string of the molecule is CC1CCCC(NC(=O)c2cc(N)ncc2[N+](=O)[O-])C1C. The van der Waals surface area contributed by atoms with E-state index < -0.39 is 10.8 Å². The van der Waals surface area contributed by atoms with Crippen molar-refractivity contribution < 1.29 is 9.72 Å². The van der Waals surface area contributed by atoms with Gasteiger partial charge in [0.25, 0.3) is 11.6 Å². The van der Waals surface area contributed by atoms with Gasteiger partial charge < -0.3 is 11.1 Å². The summed E-state index contributed by atoms with van der Waals surface area (Å²) < 4.78 is 0. The van der Waals surface area contributed by atoms with Crippen molar-refractivity contribution in [3.63, 3.8) is 0 Å². The van der Waals surface area contributed by atoms with Crippen molar-refractivity contribution in [2.75, 3.05) is 5.73 Å². The Labute approximate surface area is 123 Å². The molecule has 0 aromatic carbocycles. The minimum absolute atomic E-state index is 0.0297. The summed E-state index contributed by atoms with van der Waals surface area (Å²) in [5.74, 6) is 0.514. The Kier molecular flexibility index (Phi) is 4.40. The maximum atomic E-state index is 12.3. The largest absolute Gasteiger partial charge is 0.384 e. The number of hydrogen-bond donors (Lipinski definition) is 2. The molecule has 0 saturated heterocycles. The van der Waals surface area contributed by atoms with E-state index in [-0.39, 0.29) is 23.1 Å². The zero-order valence-electron chi connectivity index (χ0n) is 12.2. The highest BCUT2D eigenvalue weighted by Gasteiger charge is 2.30. The normalized spacial score (nSPS) is 25.3. The summed E-state index contributed by atoms with van der Waals surface area (Å²) in [5, 5.41) is 13.9. The molecule has 21 heavy (non-hydrogen) atoms. The van der Waals surface area contributed by atoms with Crippen LogP contribution in [0.5, 0.6) is 0 Å². The molecule has 1 aliphatic carbocycles. The number of carbonyl (C=O) groups excluding carboxylic acids is 1. The Balaban J connectivity index is 2.20. The van der Waals surface area contributed by atoms with Crippen molar-refractivity contribution in [3.8, 4) is 0 Å². The van der Waals surface area contributed by atoms with Gasteiger partial charge in [0.05, 0.1) is 4.92 Å². The Morgan fingerprint density at radius 3 is 2.86 bits per heavy atom. The topological polar surface area (TPSA) is 111 Å². The molecule has 2 rings (SSSR count). The molecule has 7 heteroatoms. The zero-order chi connectivity index (χ0) is 15.6. The number of carbonyl (C=O) groups is 1. The number of hydrogen-bond acceptors (Lipinski definition) is 5. The monoisotopic (exact) mass is 292 g/mol. The third-order valence-electron chi connectivity index (χ3n) is 4.37. The maximum Gasteiger partial charge on any atom is 0.300 e. The molecule has 0 radical (unpaired) electrons. The van der Waals surface area contributed by atoms with Crippen LogP contribution in [-0.2, 0) is 0 Å². The van der Waals surface area contributed by atoms with Gasteiger partial charge in [0.2, 0.25) is 0 Å². The van der Waals surface area contributed by atoms with Gasteiger partial charge in [-0.05, 0) is 24.3 Å². The van der Waals surface area contributed by atoms with Crippen molar-refractivity contribution in [3.05, 3.63) is 27.9 Å². The molecule has 7 nitrogen and oxygen atoms in total. The van der Waals surface area contributed by atoms with E-state index in [1.54, 1.807) is 0 Å². The fraction of sp³-hybridized carbons (Fsp3) is 0.571. The minimum Gasteiger partial charge on any atom is -0.384 e. The highest BCUT2D eigenvalue weighted by molar-refractivity contribution is 5.98. The Morgan fingerprint density at radius 2 is 2.19 bits per heavy atom. The predicted octanol–water partition coefficient (Wildman–Crippen LogP) is 2.13. The highest BCUT2D eigenvalue weighted by Crippen LogP contribution is 2.30. The van der Waals surface area contributed by atoms with E-state index in [1.807, 2.05) is 0 Å². The maximum absolute atomic E-state index is 12.3. The lowest BCUT2D eigenvalue weighted by Gasteiger charge is -2.34. The molecule has 1 aromatic heterocycles. The summed E-state index contributed by atoms with van der Waals surface area (Å²) in [4.78, 5) is 26.4. The van der Waals surface area contributed by atoms with E-state index in [9.17, 15) is 14.9 Å². The van der Waals surface area contributed by atoms with Crippen molar-refractivity contribution in [2.24, 2.45) is 11.8 Å². The van der Waals surface area contributed by atoms with Crippen LogP contribution < -0.4 is 11.1 Å². The number of aromatic nitrogens is 1. The van der Waals surface area contributed by atoms with Crippen molar-refractivity contribution in [1.29, 1.82) is 0 Å². The van der Waals surface area contributed by atoms with Crippen LogP contribution in [0.25, 0.3) is 0 Å². The predicted molar refractivity (Wildman–Crippen MR) is 78.7 cm³/mol. The molecule has 1 amide bonds. The lowest BCUT2D eigenvalue weighted by Crippen LogP contribution is -2.43. The highest BCUT2D eigenvalue weighted by atomic mass is 16.6. The second-order valence-corrected chi connectivity index (χ2v) is 5.73. The Bertz CT molecular complexity index is 561. The number of nitrogen functional groups attached to an aromatic ring is 1. The molecule has 3 unspecified atom stereocenters. The molecule has 1 saturated carbocycles. The van der Waals surface area contributed by atoms with Gasteiger partial charge >= 0.3 is 0 Å². The van der Waals surface area contributed by atoms with Crippen LogP contribution in [0.4, 0.5) is 11.5 Å². The van der Waals surface area contributed by atoms with E-state index in [0.717, 1.165) is 25.5 Å². The average Bonchev–Trinajstić information content (AvgIpc) is 2.43. The number of nitrogens with two attached hydrogens (primary N) is 1. The molecule has 0 bridgehead atoms. The first kappa shape index (κ1) is 15.2. The quantitative estimate of drug-likeness (QED) is 0.654. The second-order valence-electron chi connectivity index (χ2n) is 5.73. The number of amides is 1. The van der Waals surface area contributed by atoms with Crippen LogP contribution in [0.1, 0.15) is 43.5 Å². The van der Waals surface area contributed by atoms with Gasteiger partial charge in [-0.3, -0.25) is 14.9 Å². The van der Waals surface area contributed by atoms with Gasteiger partial charge in [0.15, 0.2) is 0 Å². The number of anilines is 1. The number of nitro groups is 1. The van der Waals surface area contributed by atoms with E-state index in [0.29, 0.717) is 11.8 Å². The summed E-state index contributed by atoms with van der Waals surface area (Å²) in [6.45, 7) is 4.26. The van der Waals surface area contributed by atoms with E-state index in [4.69, 9.17) is 5.73 Å². The molecule has 1 aliphatic rings. The molecule has 114 valence electrons. The fourth-order valence-corrected chi connectivity index (χ4v) is 2.82. The summed E-state index contributed by atoms with van der Waals surface area (Å²) in [7, 11) is 0. The van der Waals surface area contributed by atoms with Crippen molar-refractivity contribution >= 4 is 17.4 Å². The number of nitrogens with zero attached hydrogens (tertiary/aromatic N) is 2. The van der Waals surface area contributed by atoms with Crippen LogP contribution >= 0.6 is 0 Å². The summed E-state index contributed by atoms with van der Waals surface area (Å²) in [5.41, 5.74) is 5.18. The van der Waals surface area contributed by atoms with E-state index >= 15 is 0 Å². The Hall–Kier alpha value is -2.18. The van der Waals surface area contributed by atoms with Gasteiger partial charge in [-0.1, -0.05) is 26.7 Å². The second kappa shape index (κ2) is 6.07. The number of pyridine rings is 1. The zero-order valence-corrected chi connectivity index (χ0v) is 12.2. The number of nitrogens with one attached hydrogen (secondary N) is 1. The first-order valence-electron chi connectivity index (χ1n) is 7.11. The van der Waals surface area contributed by atoms with E-state index in [1.165, 1.54) is 6.07 Å². The van der Waals surface area contributed by atoms with Crippen molar-refractivity contribution in [2.45, 2.75) is 39.2 Å². The van der Waals surface area contributed by atoms with Crippen molar-refractivity contribution in [1.82, 2.24) is 10.3 Å². The molecule has 3 N–H and O–H groups in total. The van der Waals surface area contributed by atoms with E-state index in [2.05, 4.69) is 24.1 Å². The van der Waals surface area contributed by atoms with Crippen LogP contribution in [0.2, 0.25) is 0 Å². The fourth-order valence-electron chi connectivity index (χ4n) is 2.82. The first-order chi connectivity index (χ1) is 9.90. The standard InChI is InChI=1S/C14H20N4O3/c1-8-4-3-5-11(9(8)2)17-14(19)10-6-13(15)16-7-12(10)18(20)21/h6-9,11H,3-5H2,1-2H3,(H2,15,16)(H,17,19). The lowest BCUT2D eigenvalue weighted by molar-refractivity contribution is -0.385. The average molecular weight is 292 g/mol. The van der Waals surface area contributed by atoms with Gasteiger partial charge in [-0.15, -0.1) is 0 Å². The molecular weight excluding hydrogens is 272 g/mol. The molecule has 0 spiro atoms. The van der Waals surface area contributed by atoms with Crippen LogP contribution in [0, 0.1) is 22.0 Å². The molecule has 0 aliphatic heterocycles. The summed E-state index contributed by atoms with van der Waals surface area (Å²) in [6.07, 6.45) is 4.12.